The third-order valence-electron chi connectivity index (χ3n) is 4.12. The van der Waals surface area contributed by atoms with Gasteiger partial charge in [0.15, 0.2) is 0 Å². The van der Waals surface area contributed by atoms with Crippen LogP contribution in [0.4, 0.5) is 5.69 Å². The van der Waals surface area contributed by atoms with Crippen LogP contribution in [0.3, 0.4) is 0 Å². The summed E-state index contributed by atoms with van der Waals surface area (Å²) in [6.07, 6.45) is 2.77. The number of carbonyl (C=O) groups is 1. The second-order valence-electron chi connectivity index (χ2n) is 5.27. The number of hydrogen-bond donors (Lipinski definition) is 2. The van der Waals surface area contributed by atoms with E-state index in [4.69, 9.17) is 0 Å². The molecule has 3 heteroatoms. The fourth-order valence-corrected chi connectivity index (χ4v) is 2.76. The second kappa shape index (κ2) is 5.00. The first kappa shape index (κ1) is 12.7. The van der Waals surface area contributed by atoms with Crippen molar-refractivity contribution in [2.75, 3.05) is 5.32 Å². The molecule has 2 N–H and O–H groups in total. The van der Waals surface area contributed by atoms with Crippen molar-refractivity contribution in [2.24, 2.45) is 0 Å². The zero-order valence-electron chi connectivity index (χ0n) is 11.2. The lowest BCUT2D eigenvalue weighted by Gasteiger charge is -2.40. The lowest BCUT2D eigenvalue weighted by Crippen LogP contribution is -2.45. The van der Waals surface area contributed by atoms with Gasteiger partial charge in [-0.25, -0.2) is 0 Å². The van der Waals surface area contributed by atoms with Crippen molar-refractivity contribution in [3.63, 3.8) is 0 Å². The molecule has 1 aliphatic rings. The number of aromatic hydroxyl groups is 1. The molecule has 0 aliphatic heterocycles. The highest BCUT2D eigenvalue weighted by Gasteiger charge is 2.45. The molecule has 2 aromatic carbocycles. The molecule has 3 rings (SSSR count). The van der Waals surface area contributed by atoms with Gasteiger partial charge in [-0.15, -0.1) is 0 Å². The van der Waals surface area contributed by atoms with Crippen LogP contribution in [0, 0.1) is 0 Å². The Morgan fingerprint density at radius 2 is 1.65 bits per heavy atom. The average molecular weight is 267 g/mol. The summed E-state index contributed by atoms with van der Waals surface area (Å²) in [6.45, 7) is 0. The summed E-state index contributed by atoms with van der Waals surface area (Å²) in [7, 11) is 0. The molecule has 1 saturated carbocycles. The summed E-state index contributed by atoms with van der Waals surface area (Å²) in [5.41, 5.74) is 1.09. The van der Waals surface area contributed by atoms with Gasteiger partial charge in [-0.2, -0.15) is 0 Å². The van der Waals surface area contributed by atoms with Gasteiger partial charge in [0, 0.05) is 0 Å². The molecule has 3 nitrogen and oxygen atoms in total. The largest absolute Gasteiger partial charge is 0.506 e. The highest BCUT2D eigenvalue weighted by atomic mass is 16.3. The third kappa shape index (κ3) is 2.05. The zero-order valence-corrected chi connectivity index (χ0v) is 11.2. The Labute approximate surface area is 118 Å². The smallest absolute Gasteiger partial charge is 0.235 e. The lowest BCUT2D eigenvalue weighted by atomic mass is 9.64. The average Bonchev–Trinajstić information content (AvgIpc) is 2.41. The van der Waals surface area contributed by atoms with E-state index in [-0.39, 0.29) is 11.7 Å². The predicted octanol–water partition coefficient (Wildman–Crippen LogP) is 3.45. The predicted molar refractivity (Wildman–Crippen MR) is 78.7 cm³/mol. The van der Waals surface area contributed by atoms with Crippen LogP contribution in [0.1, 0.15) is 24.8 Å². The summed E-state index contributed by atoms with van der Waals surface area (Å²) in [5, 5.41) is 12.6. The fourth-order valence-electron chi connectivity index (χ4n) is 2.76. The van der Waals surface area contributed by atoms with Crippen LogP contribution in [0.2, 0.25) is 0 Å². The van der Waals surface area contributed by atoms with Gasteiger partial charge in [0.1, 0.15) is 5.75 Å². The highest BCUT2D eigenvalue weighted by molar-refractivity contribution is 6.00. The first-order chi connectivity index (χ1) is 9.72. The minimum absolute atomic E-state index is 0.0311. The van der Waals surface area contributed by atoms with E-state index in [0.29, 0.717) is 5.69 Å². The van der Waals surface area contributed by atoms with Gasteiger partial charge in [0.05, 0.1) is 11.1 Å². The van der Waals surface area contributed by atoms with Gasteiger partial charge >= 0.3 is 0 Å². The van der Waals surface area contributed by atoms with Crippen molar-refractivity contribution in [3.8, 4) is 5.75 Å². The van der Waals surface area contributed by atoms with Crippen LogP contribution >= 0.6 is 0 Å². The summed E-state index contributed by atoms with van der Waals surface area (Å²) in [4.78, 5) is 12.6. The monoisotopic (exact) mass is 267 g/mol. The van der Waals surface area contributed by atoms with Crippen molar-refractivity contribution in [2.45, 2.75) is 24.7 Å². The van der Waals surface area contributed by atoms with Crippen molar-refractivity contribution in [1.29, 1.82) is 0 Å². The van der Waals surface area contributed by atoms with E-state index in [1.807, 2.05) is 30.3 Å². The van der Waals surface area contributed by atoms with Gasteiger partial charge in [-0.1, -0.05) is 48.9 Å². The molecule has 0 bridgehead atoms. The molecule has 0 heterocycles. The third-order valence-corrected chi connectivity index (χ3v) is 4.12. The molecular weight excluding hydrogens is 250 g/mol. The summed E-state index contributed by atoms with van der Waals surface area (Å²) < 4.78 is 0. The lowest BCUT2D eigenvalue weighted by molar-refractivity contribution is -0.124. The van der Waals surface area contributed by atoms with Crippen LogP contribution in [-0.2, 0) is 10.2 Å². The quantitative estimate of drug-likeness (QED) is 0.837. The Bertz CT molecular complexity index is 618. The molecule has 0 aromatic heterocycles. The number of benzene rings is 2. The molecule has 102 valence electrons. The SMILES string of the molecule is O=C(Nc1ccccc1O)C1(c2ccccc2)CCC1. The van der Waals surface area contributed by atoms with Crippen molar-refractivity contribution in [1.82, 2.24) is 0 Å². The molecule has 1 aliphatic carbocycles. The molecule has 0 atom stereocenters. The maximum atomic E-state index is 12.6. The molecular formula is C17H17NO2. The van der Waals surface area contributed by atoms with Crippen LogP contribution < -0.4 is 5.32 Å². The number of phenolic OH excluding ortho intramolecular Hbond substituents is 1. The Kier molecular flexibility index (Phi) is 3.18. The molecule has 0 radical (unpaired) electrons. The van der Waals surface area contributed by atoms with Crippen LogP contribution in [0.15, 0.2) is 54.6 Å². The topological polar surface area (TPSA) is 49.3 Å². The summed E-state index contributed by atoms with van der Waals surface area (Å²) in [6, 6.07) is 16.7. The number of rotatable bonds is 3. The minimum atomic E-state index is -0.441. The van der Waals surface area contributed by atoms with E-state index < -0.39 is 5.41 Å². The van der Waals surface area contributed by atoms with Crippen molar-refractivity contribution < 1.29 is 9.90 Å². The molecule has 0 spiro atoms. The highest BCUT2D eigenvalue weighted by Crippen LogP contribution is 2.44. The second-order valence-corrected chi connectivity index (χ2v) is 5.27. The molecule has 0 unspecified atom stereocenters. The maximum Gasteiger partial charge on any atom is 0.235 e. The number of nitrogens with one attached hydrogen (secondary N) is 1. The number of anilines is 1. The Hall–Kier alpha value is -2.29. The van der Waals surface area contributed by atoms with E-state index in [9.17, 15) is 9.90 Å². The van der Waals surface area contributed by atoms with Gasteiger partial charge in [-0.3, -0.25) is 4.79 Å². The van der Waals surface area contributed by atoms with Crippen LogP contribution in [0.25, 0.3) is 0 Å². The van der Waals surface area contributed by atoms with Gasteiger partial charge < -0.3 is 10.4 Å². The Balaban J connectivity index is 1.87. The van der Waals surface area contributed by atoms with Crippen molar-refractivity contribution >= 4 is 11.6 Å². The molecule has 1 amide bonds. The van der Waals surface area contributed by atoms with E-state index in [1.165, 1.54) is 0 Å². The van der Waals surface area contributed by atoms with Crippen LogP contribution in [0.5, 0.6) is 5.75 Å². The number of amides is 1. The van der Waals surface area contributed by atoms with Gasteiger partial charge in [0.25, 0.3) is 0 Å². The van der Waals surface area contributed by atoms with Gasteiger partial charge in [0.2, 0.25) is 5.91 Å². The first-order valence-electron chi connectivity index (χ1n) is 6.87. The fraction of sp³-hybridized carbons (Fsp3) is 0.235. The van der Waals surface area contributed by atoms with Crippen molar-refractivity contribution in [3.05, 3.63) is 60.2 Å². The zero-order chi connectivity index (χ0) is 14.0. The minimum Gasteiger partial charge on any atom is -0.506 e. The Morgan fingerprint density at radius 1 is 1.00 bits per heavy atom. The molecule has 0 saturated heterocycles. The van der Waals surface area contributed by atoms with Gasteiger partial charge in [-0.05, 0) is 30.5 Å². The van der Waals surface area contributed by atoms with E-state index >= 15 is 0 Å². The van der Waals surface area contributed by atoms with E-state index in [0.717, 1.165) is 24.8 Å². The molecule has 20 heavy (non-hydrogen) atoms. The van der Waals surface area contributed by atoms with Crippen LogP contribution in [-0.4, -0.2) is 11.0 Å². The van der Waals surface area contributed by atoms with E-state index in [1.54, 1.807) is 24.3 Å². The number of hydrogen-bond acceptors (Lipinski definition) is 2. The number of carbonyl (C=O) groups excluding carboxylic acids is 1. The summed E-state index contributed by atoms with van der Waals surface area (Å²) in [5.74, 6) is 0.0693. The molecule has 1 fully saturated rings. The standard InChI is InChI=1S/C17H17NO2/c19-15-10-5-4-9-14(15)18-16(20)17(11-6-12-17)13-7-2-1-3-8-13/h1-5,7-10,19H,6,11-12H2,(H,18,20). The number of phenols is 1. The maximum absolute atomic E-state index is 12.6. The first-order valence-corrected chi connectivity index (χ1v) is 6.87. The summed E-state index contributed by atoms with van der Waals surface area (Å²) >= 11 is 0. The van der Waals surface area contributed by atoms with E-state index in [2.05, 4.69) is 5.32 Å². The number of para-hydroxylation sites is 2. The molecule has 2 aromatic rings. The Morgan fingerprint density at radius 3 is 2.25 bits per heavy atom. The normalized spacial score (nSPS) is 16.2.